The van der Waals surface area contributed by atoms with Crippen LogP contribution >= 0.6 is 0 Å². The van der Waals surface area contributed by atoms with Gasteiger partial charge in [-0.05, 0) is 48.2 Å². The van der Waals surface area contributed by atoms with E-state index in [1.54, 1.807) is 0 Å². The molecule has 6 heteroatoms. The van der Waals surface area contributed by atoms with Crippen molar-refractivity contribution in [1.82, 2.24) is 4.98 Å². The molecular formula is C15H14F3N3. The lowest BCUT2D eigenvalue weighted by molar-refractivity contribution is -0.141. The van der Waals surface area contributed by atoms with E-state index in [1.807, 2.05) is 18.2 Å². The third-order valence-electron chi connectivity index (χ3n) is 3.64. The summed E-state index contributed by atoms with van der Waals surface area (Å²) in [7, 11) is 0. The molecule has 1 aliphatic carbocycles. The first kappa shape index (κ1) is 13.7. The molecular weight excluding hydrogens is 279 g/mol. The number of nitrogens with zero attached hydrogens (tertiary/aromatic N) is 1. The third kappa shape index (κ3) is 2.79. The third-order valence-corrected chi connectivity index (χ3v) is 3.64. The van der Waals surface area contributed by atoms with Gasteiger partial charge in [0.1, 0.15) is 5.69 Å². The Morgan fingerprint density at radius 2 is 2.00 bits per heavy atom. The zero-order valence-corrected chi connectivity index (χ0v) is 11.1. The smallest absolute Gasteiger partial charge is 0.399 e. The average Bonchev–Trinajstić information content (AvgIpc) is 2.80. The van der Waals surface area contributed by atoms with Crippen LogP contribution in [0.15, 0.2) is 36.5 Å². The molecule has 1 unspecified atom stereocenters. The molecule has 1 aliphatic rings. The first-order chi connectivity index (χ1) is 9.93. The molecule has 0 spiro atoms. The Morgan fingerprint density at radius 1 is 1.19 bits per heavy atom. The SMILES string of the molecule is Nc1ccc2c(c1)CCC2Nc1ccc(C(F)(F)F)nc1. The number of nitrogens with one attached hydrogen (secondary N) is 1. The standard InChI is InChI=1S/C15H14F3N3/c16-15(17,18)14-6-3-11(8-20-14)21-13-5-1-9-7-10(19)2-4-12(9)13/h2-4,6-8,13,21H,1,5,19H2. The molecule has 1 heterocycles. The lowest BCUT2D eigenvalue weighted by atomic mass is 10.1. The van der Waals surface area contributed by atoms with Crippen molar-refractivity contribution < 1.29 is 13.2 Å². The van der Waals surface area contributed by atoms with Crippen molar-refractivity contribution in [1.29, 1.82) is 0 Å². The number of benzene rings is 1. The molecule has 3 N–H and O–H groups in total. The van der Waals surface area contributed by atoms with Gasteiger partial charge in [0, 0.05) is 5.69 Å². The number of nitrogens with two attached hydrogens (primary N) is 1. The molecule has 0 saturated carbocycles. The van der Waals surface area contributed by atoms with E-state index < -0.39 is 11.9 Å². The summed E-state index contributed by atoms with van der Waals surface area (Å²) in [5.74, 6) is 0. The number of rotatable bonds is 2. The fourth-order valence-corrected chi connectivity index (χ4v) is 2.64. The molecule has 3 rings (SSSR count). The number of hydrogen-bond donors (Lipinski definition) is 2. The lowest BCUT2D eigenvalue weighted by Gasteiger charge is -2.16. The molecule has 1 aromatic carbocycles. The van der Waals surface area contributed by atoms with Crippen molar-refractivity contribution in [3.63, 3.8) is 0 Å². The Morgan fingerprint density at radius 3 is 2.67 bits per heavy atom. The van der Waals surface area contributed by atoms with Gasteiger partial charge >= 0.3 is 6.18 Å². The number of aryl methyl sites for hydroxylation is 1. The number of halogens is 3. The Balaban J connectivity index is 1.77. The van der Waals surface area contributed by atoms with Gasteiger partial charge in [0.2, 0.25) is 0 Å². The Labute approximate surface area is 120 Å². The maximum atomic E-state index is 12.5. The van der Waals surface area contributed by atoms with Crippen LogP contribution in [0, 0.1) is 0 Å². The van der Waals surface area contributed by atoms with E-state index >= 15 is 0 Å². The second kappa shape index (κ2) is 4.95. The van der Waals surface area contributed by atoms with E-state index in [2.05, 4.69) is 10.3 Å². The van der Waals surface area contributed by atoms with Crippen LogP contribution in [0.2, 0.25) is 0 Å². The van der Waals surface area contributed by atoms with Crippen LogP contribution in [0.5, 0.6) is 0 Å². The molecule has 0 fully saturated rings. The monoisotopic (exact) mass is 293 g/mol. The number of nitrogen functional groups attached to an aromatic ring is 1. The van der Waals surface area contributed by atoms with E-state index in [4.69, 9.17) is 5.73 Å². The van der Waals surface area contributed by atoms with E-state index in [0.717, 1.165) is 30.2 Å². The predicted octanol–water partition coefficient (Wildman–Crippen LogP) is 3.78. The molecule has 2 aromatic rings. The second-order valence-electron chi connectivity index (χ2n) is 5.12. The van der Waals surface area contributed by atoms with Crippen LogP contribution in [0.1, 0.15) is 29.3 Å². The summed E-state index contributed by atoms with van der Waals surface area (Å²) < 4.78 is 37.4. The van der Waals surface area contributed by atoms with Gasteiger partial charge in [0.25, 0.3) is 0 Å². The van der Waals surface area contributed by atoms with Crippen molar-refractivity contribution in [3.8, 4) is 0 Å². The number of hydrogen-bond acceptors (Lipinski definition) is 3. The summed E-state index contributed by atoms with van der Waals surface area (Å²) in [6, 6.07) is 8.23. The normalized spacial score (nSPS) is 17.6. The van der Waals surface area contributed by atoms with E-state index in [0.29, 0.717) is 5.69 Å². The van der Waals surface area contributed by atoms with E-state index in [9.17, 15) is 13.2 Å². The topological polar surface area (TPSA) is 50.9 Å². The quantitative estimate of drug-likeness (QED) is 0.828. The maximum Gasteiger partial charge on any atom is 0.433 e. The van der Waals surface area contributed by atoms with Gasteiger partial charge in [0.15, 0.2) is 0 Å². The van der Waals surface area contributed by atoms with Crippen molar-refractivity contribution in [2.45, 2.75) is 25.1 Å². The summed E-state index contributed by atoms with van der Waals surface area (Å²) in [5, 5.41) is 3.22. The highest BCUT2D eigenvalue weighted by molar-refractivity contribution is 5.51. The van der Waals surface area contributed by atoms with Gasteiger partial charge in [-0.1, -0.05) is 6.07 Å². The predicted molar refractivity (Wildman–Crippen MR) is 74.8 cm³/mol. The molecule has 0 radical (unpaired) electrons. The van der Waals surface area contributed by atoms with Crippen LogP contribution < -0.4 is 11.1 Å². The largest absolute Gasteiger partial charge is 0.433 e. The minimum Gasteiger partial charge on any atom is -0.399 e. The zero-order chi connectivity index (χ0) is 15.0. The summed E-state index contributed by atoms with van der Waals surface area (Å²) in [6.45, 7) is 0. The molecule has 3 nitrogen and oxygen atoms in total. The molecule has 0 aliphatic heterocycles. The molecule has 0 saturated heterocycles. The number of pyridine rings is 1. The minimum absolute atomic E-state index is 0.0825. The van der Waals surface area contributed by atoms with Gasteiger partial charge in [-0.2, -0.15) is 13.2 Å². The van der Waals surface area contributed by atoms with E-state index in [-0.39, 0.29) is 6.04 Å². The number of alkyl halides is 3. The summed E-state index contributed by atoms with van der Waals surface area (Å²) >= 11 is 0. The van der Waals surface area contributed by atoms with E-state index in [1.165, 1.54) is 17.8 Å². The molecule has 1 aromatic heterocycles. The molecule has 0 bridgehead atoms. The van der Waals surface area contributed by atoms with Crippen LogP contribution in [0.4, 0.5) is 24.5 Å². The molecule has 0 amide bonds. The fraction of sp³-hybridized carbons (Fsp3) is 0.267. The lowest BCUT2D eigenvalue weighted by Crippen LogP contribution is -2.10. The fourth-order valence-electron chi connectivity index (χ4n) is 2.64. The van der Waals surface area contributed by atoms with Gasteiger partial charge < -0.3 is 11.1 Å². The van der Waals surface area contributed by atoms with Crippen LogP contribution in [0.25, 0.3) is 0 Å². The number of fused-ring (bicyclic) bond motifs is 1. The minimum atomic E-state index is -4.41. The van der Waals surface area contributed by atoms with Crippen LogP contribution in [-0.2, 0) is 12.6 Å². The number of anilines is 2. The molecule has 110 valence electrons. The van der Waals surface area contributed by atoms with Crippen LogP contribution in [-0.4, -0.2) is 4.98 Å². The molecule has 1 atom stereocenters. The Bertz CT molecular complexity index is 650. The van der Waals surface area contributed by atoms with Crippen LogP contribution in [0.3, 0.4) is 0 Å². The van der Waals surface area contributed by atoms with Crippen molar-refractivity contribution in [3.05, 3.63) is 53.3 Å². The Hall–Kier alpha value is -2.24. The summed E-state index contributed by atoms with van der Waals surface area (Å²) in [6.07, 6.45) is -1.39. The maximum absolute atomic E-state index is 12.5. The van der Waals surface area contributed by atoms with Crippen molar-refractivity contribution >= 4 is 11.4 Å². The zero-order valence-electron chi connectivity index (χ0n) is 11.1. The van der Waals surface area contributed by atoms with Gasteiger partial charge in [0.05, 0.1) is 17.9 Å². The first-order valence-electron chi connectivity index (χ1n) is 6.61. The number of aromatic nitrogens is 1. The van der Waals surface area contributed by atoms with Crippen molar-refractivity contribution in [2.75, 3.05) is 11.1 Å². The second-order valence-corrected chi connectivity index (χ2v) is 5.12. The van der Waals surface area contributed by atoms with Gasteiger partial charge in [-0.25, -0.2) is 4.98 Å². The van der Waals surface area contributed by atoms with Gasteiger partial charge in [-0.15, -0.1) is 0 Å². The summed E-state index contributed by atoms with van der Waals surface area (Å²) in [4.78, 5) is 3.45. The first-order valence-corrected chi connectivity index (χ1v) is 6.61. The van der Waals surface area contributed by atoms with Gasteiger partial charge in [-0.3, -0.25) is 0 Å². The van der Waals surface area contributed by atoms with Crippen molar-refractivity contribution in [2.24, 2.45) is 0 Å². The highest BCUT2D eigenvalue weighted by Gasteiger charge is 2.32. The Kier molecular flexibility index (Phi) is 3.23. The molecule has 21 heavy (non-hydrogen) atoms. The highest BCUT2D eigenvalue weighted by Crippen LogP contribution is 2.35. The average molecular weight is 293 g/mol. The summed E-state index contributed by atoms with van der Waals surface area (Å²) in [5.41, 5.74) is 8.51. The highest BCUT2D eigenvalue weighted by atomic mass is 19.4.